The second-order valence-electron chi connectivity index (χ2n) is 6.87. The van der Waals surface area contributed by atoms with E-state index >= 15 is 0 Å². The molecular weight excluding hydrogens is 358 g/mol. The van der Waals surface area contributed by atoms with Crippen LogP contribution in [0.1, 0.15) is 24.7 Å². The number of oxazole rings is 1. The van der Waals surface area contributed by atoms with E-state index in [0.717, 1.165) is 48.6 Å². The number of hydrogen-bond acceptors (Lipinski definition) is 5. The molecule has 1 amide bonds. The number of carbonyl (C=O) groups is 1. The maximum absolute atomic E-state index is 12.4. The molecule has 1 aliphatic rings. The first-order valence-corrected chi connectivity index (χ1v) is 10.5. The minimum atomic E-state index is 0.0186. The molecule has 0 saturated carbocycles. The SMILES string of the molecule is CSc1ccc(NC(=O)CN2CCCC(c3nc4ccccc4o3)C2)cc1. The van der Waals surface area contributed by atoms with E-state index in [1.807, 2.05) is 54.8 Å². The van der Waals surface area contributed by atoms with E-state index < -0.39 is 0 Å². The van der Waals surface area contributed by atoms with Crippen molar-refractivity contribution in [3.05, 3.63) is 54.4 Å². The molecule has 1 saturated heterocycles. The number of aromatic nitrogens is 1. The van der Waals surface area contributed by atoms with Crippen LogP contribution in [0.15, 0.2) is 57.8 Å². The van der Waals surface area contributed by atoms with Gasteiger partial charge in [-0.25, -0.2) is 4.98 Å². The number of para-hydroxylation sites is 2. The highest BCUT2D eigenvalue weighted by Gasteiger charge is 2.26. The summed E-state index contributed by atoms with van der Waals surface area (Å²) in [5.41, 5.74) is 2.57. The summed E-state index contributed by atoms with van der Waals surface area (Å²) in [6.07, 6.45) is 4.12. The minimum Gasteiger partial charge on any atom is -0.440 e. The number of anilines is 1. The van der Waals surface area contributed by atoms with Gasteiger partial charge in [-0.15, -0.1) is 11.8 Å². The molecule has 1 unspecified atom stereocenters. The standard InChI is InChI=1S/C21H23N3O2S/c1-27-17-10-8-16(9-11-17)22-20(25)14-24-12-4-5-15(13-24)21-23-18-6-2-3-7-19(18)26-21/h2-3,6-11,15H,4-5,12-14H2,1H3,(H,22,25). The van der Waals surface area contributed by atoms with Crippen LogP contribution >= 0.6 is 11.8 Å². The van der Waals surface area contributed by atoms with Crippen molar-refractivity contribution in [1.29, 1.82) is 0 Å². The summed E-state index contributed by atoms with van der Waals surface area (Å²) in [6.45, 7) is 2.11. The largest absolute Gasteiger partial charge is 0.440 e. The van der Waals surface area contributed by atoms with Gasteiger partial charge >= 0.3 is 0 Å². The summed E-state index contributed by atoms with van der Waals surface area (Å²) in [7, 11) is 0. The molecule has 6 heteroatoms. The van der Waals surface area contributed by atoms with Gasteiger partial charge in [0.15, 0.2) is 11.5 Å². The quantitative estimate of drug-likeness (QED) is 0.665. The summed E-state index contributed by atoms with van der Waals surface area (Å²) in [4.78, 5) is 20.4. The smallest absolute Gasteiger partial charge is 0.238 e. The molecule has 0 bridgehead atoms. The molecule has 0 spiro atoms. The monoisotopic (exact) mass is 381 g/mol. The maximum atomic E-state index is 12.4. The molecule has 1 N–H and O–H groups in total. The Bertz CT molecular complexity index is 890. The van der Waals surface area contributed by atoms with Crippen molar-refractivity contribution in [2.75, 3.05) is 31.2 Å². The van der Waals surface area contributed by atoms with Crippen LogP contribution in [0.3, 0.4) is 0 Å². The molecule has 1 fully saturated rings. The van der Waals surface area contributed by atoms with E-state index in [0.29, 0.717) is 6.54 Å². The number of hydrogen-bond donors (Lipinski definition) is 1. The molecule has 27 heavy (non-hydrogen) atoms. The van der Waals surface area contributed by atoms with Gasteiger partial charge in [0, 0.05) is 23.0 Å². The molecule has 2 aromatic carbocycles. The van der Waals surface area contributed by atoms with E-state index in [-0.39, 0.29) is 11.8 Å². The Hall–Kier alpha value is -2.31. The van der Waals surface area contributed by atoms with Gasteiger partial charge in [0.1, 0.15) is 5.52 Å². The Labute approximate surface area is 163 Å². The van der Waals surface area contributed by atoms with E-state index in [4.69, 9.17) is 4.42 Å². The molecular formula is C21H23N3O2S. The number of piperidine rings is 1. The lowest BCUT2D eigenvalue weighted by Crippen LogP contribution is -2.39. The molecule has 5 nitrogen and oxygen atoms in total. The summed E-state index contributed by atoms with van der Waals surface area (Å²) in [5, 5.41) is 2.99. The Morgan fingerprint density at radius 1 is 1.26 bits per heavy atom. The Morgan fingerprint density at radius 2 is 2.07 bits per heavy atom. The normalized spacial score (nSPS) is 17.9. The van der Waals surface area contributed by atoms with E-state index in [1.54, 1.807) is 11.8 Å². The van der Waals surface area contributed by atoms with Crippen LogP contribution in [0.4, 0.5) is 5.69 Å². The molecule has 1 aliphatic heterocycles. The molecule has 1 aromatic heterocycles. The number of thioether (sulfide) groups is 1. The second-order valence-corrected chi connectivity index (χ2v) is 7.75. The number of likely N-dealkylation sites (tertiary alicyclic amines) is 1. The van der Waals surface area contributed by atoms with Gasteiger partial charge in [-0.05, 0) is 62.0 Å². The van der Waals surface area contributed by atoms with Gasteiger partial charge in [0.2, 0.25) is 5.91 Å². The van der Waals surface area contributed by atoms with Crippen LogP contribution < -0.4 is 5.32 Å². The van der Waals surface area contributed by atoms with Crippen LogP contribution in [-0.4, -0.2) is 41.7 Å². The van der Waals surface area contributed by atoms with Crippen LogP contribution in [0.5, 0.6) is 0 Å². The zero-order chi connectivity index (χ0) is 18.6. The number of benzene rings is 2. The van der Waals surface area contributed by atoms with Gasteiger partial charge in [-0.2, -0.15) is 0 Å². The molecule has 0 aliphatic carbocycles. The molecule has 0 radical (unpaired) electrons. The number of amides is 1. The van der Waals surface area contributed by atoms with Crippen molar-refractivity contribution in [3.8, 4) is 0 Å². The van der Waals surface area contributed by atoms with E-state index in [2.05, 4.69) is 15.2 Å². The summed E-state index contributed by atoms with van der Waals surface area (Å²) in [5.74, 6) is 1.04. The Morgan fingerprint density at radius 3 is 2.85 bits per heavy atom. The lowest BCUT2D eigenvalue weighted by Gasteiger charge is -2.30. The minimum absolute atomic E-state index is 0.0186. The molecule has 3 aromatic rings. The van der Waals surface area contributed by atoms with Crippen molar-refractivity contribution in [2.24, 2.45) is 0 Å². The summed E-state index contributed by atoms with van der Waals surface area (Å²) >= 11 is 1.69. The van der Waals surface area contributed by atoms with E-state index in [1.165, 1.54) is 4.90 Å². The molecule has 140 valence electrons. The highest BCUT2D eigenvalue weighted by atomic mass is 32.2. The van der Waals surface area contributed by atoms with Crippen molar-refractivity contribution in [3.63, 3.8) is 0 Å². The third kappa shape index (κ3) is 4.34. The number of carbonyl (C=O) groups excluding carboxylic acids is 1. The van der Waals surface area contributed by atoms with Gasteiger partial charge in [-0.3, -0.25) is 9.69 Å². The average molecular weight is 382 g/mol. The predicted octanol–water partition coefficient (Wildman–Crippen LogP) is 4.37. The molecule has 1 atom stereocenters. The highest BCUT2D eigenvalue weighted by Crippen LogP contribution is 2.29. The van der Waals surface area contributed by atoms with Gasteiger partial charge in [-0.1, -0.05) is 12.1 Å². The summed E-state index contributed by atoms with van der Waals surface area (Å²) in [6, 6.07) is 15.8. The first kappa shape index (κ1) is 18.1. The zero-order valence-electron chi connectivity index (χ0n) is 15.4. The van der Waals surface area contributed by atoms with Crippen molar-refractivity contribution < 1.29 is 9.21 Å². The Balaban J connectivity index is 1.36. The third-order valence-corrected chi connectivity index (χ3v) is 5.65. The number of nitrogens with one attached hydrogen (secondary N) is 1. The fourth-order valence-corrected chi connectivity index (χ4v) is 3.95. The number of nitrogens with zero attached hydrogens (tertiary/aromatic N) is 2. The fraction of sp³-hybridized carbons (Fsp3) is 0.333. The first-order valence-electron chi connectivity index (χ1n) is 9.23. The molecule has 2 heterocycles. The fourth-order valence-electron chi connectivity index (χ4n) is 3.54. The van der Waals surface area contributed by atoms with Gasteiger partial charge in [0.05, 0.1) is 6.54 Å². The predicted molar refractivity (Wildman–Crippen MR) is 109 cm³/mol. The van der Waals surface area contributed by atoms with Crippen molar-refractivity contribution in [2.45, 2.75) is 23.7 Å². The van der Waals surface area contributed by atoms with Gasteiger partial charge in [0.25, 0.3) is 0 Å². The van der Waals surface area contributed by atoms with Crippen LogP contribution in [0.2, 0.25) is 0 Å². The number of rotatable bonds is 5. The lowest BCUT2D eigenvalue weighted by atomic mass is 9.98. The highest BCUT2D eigenvalue weighted by molar-refractivity contribution is 7.98. The van der Waals surface area contributed by atoms with Gasteiger partial charge < -0.3 is 9.73 Å². The maximum Gasteiger partial charge on any atom is 0.238 e. The number of fused-ring (bicyclic) bond motifs is 1. The van der Waals surface area contributed by atoms with E-state index in [9.17, 15) is 4.79 Å². The van der Waals surface area contributed by atoms with Crippen molar-refractivity contribution >= 4 is 34.5 Å². The zero-order valence-corrected chi connectivity index (χ0v) is 16.2. The van der Waals surface area contributed by atoms with Crippen molar-refractivity contribution in [1.82, 2.24) is 9.88 Å². The average Bonchev–Trinajstić information content (AvgIpc) is 3.13. The van der Waals surface area contributed by atoms with Crippen LogP contribution in [-0.2, 0) is 4.79 Å². The second kappa shape index (κ2) is 8.15. The van der Waals surface area contributed by atoms with Crippen LogP contribution in [0.25, 0.3) is 11.1 Å². The summed E-state index contributed by atoms with van der Waals surface area (Å²) < 4.78 is 5.94. The molecule has 4 rings (SSSR count). The lowest BCUT2D eigenvalue weighted by molar-refractivity contribution is -0.117. The Kier molecular flexibility index (Phi) is 5.45. The first-order chi connectivity index (χ1) is 13.2. The van der Waals surface area contributed by atoms with Crippen LogP contribution in [0, 0.1) is 0 Å². The topological polar surface area (TPSA) is 58.4 Å². The third-order valence-electron chi connectivity index (χ3n) is 4.91.